The number of amides is 1. The van der Waals surface area contributed by atoms with Crippen LogP contribution in [0.5, 0.6) is 0 Å². The molecule has 3 N–H and O–H groups in total. The lowest BCUT2D eigenvalue weighted by molar-refractivity contribution is -0.121. The van der Waals surface area contributed by atoms with Crippen molar-refractivity contribution in [2.24, 2.45) is 0 Å². The maximum atomic E-state index is 11.8. The van der Waals surface area contributed by atoms with Crippen LogP contribution in [0.25, 0.3) is 0 Å². The lowest BCUT2D eigenvalue weighted by Gasteiger charge is -2.10. The van der Waals surface area contributed by atoms with Crippen LogP contribution in [0, 0.1) is 0 Å². The van der Waals surface area contributed by atoms with Crippen molar-refractivity contribution >= 4 is 11.6 Å². The van der Waals surface area contributed by atoms with Gasteiger partial charge in [-0.1, -0.05) is 18.2 Å². The normalized spacial score (nSPS) is 16.8. The van der Waals surface area contributed by atoms with Crippen LogP contribution in [-0.2, 0) is 9.53 Å². The molecule has 1 amide bonds. The lowest BCUT2D eigenvalue weighted by Crippen LogP contribution is -2.29. The number of hydrogen-bond acceptors (Lipinski definition) is 4. The molecule has 1 aliphatic rings. The minimum absolute atomic E-state index is 0.0124. The zero-order valence-corrected chi connectivity index (χ0v) is 10.9. The van der Waals surface area contributed by atoms with E-state index in [0.29, 0.717) is 26.2 Å². The number of nitrogens with one attached hydrogen (secondary N) is 2. The molecule has 0 spiro atoms. The highest BCUT2D eigenvalue weighted by atomic mass is 16.5. The molecular weight excluding hydrogens is 244 g/mol. The number of carbonyl (C=O) groups excluding carboxylic acids is 1. The molecule has 2 rings (SSSR count). The first-order chi connectivity index (χ1) is 9.31. The fraction of sp³-hybridized carbons (Fsp3) is 0.500. The van der Waals surface area contributed by atoms with Crippen molar-refractivity contribution in [2.75, 3.05) is 38.2 Å². The van der Waals surface area contributed by atoms with Crippen LogP contribution in [-0.4, -0.2) is 43.9 Å². The van der Waals surface area contributed by atoms with Crippen LogP contribution in [0.2, 0.25) is 0 Å². The lowest BCUT2D eigenvalue weighted by atomic mass is 9.98. The summed E-state index contributed by atoms with van der Waals surface area (Å²) in [5.41, 5.74) is 2.35. The number of ether oxygens (including phenoxy) is 1. The first-order valence-electron chi connectivity index (χ1n) is 6.59. The summed E-state index contributed by atoms with van der Waals surface area (Å²) in [6.07, 6.45) is 0.490. The number of aliphatic hydroxyl groups is 1. The van der Waals surface area contributed by atoms with Crippen molar-refractivity contribution < 1.29 is 14.6 Å². The molecule has 0 saturated carbocycles. The zero-order valence-electron chi connectivity index (χ0n) is 10.9. The second-order valence-electron chi connectivity index (χ2n) is 4.56. The van der Waals surface area contributed by atoms with E-state index in [9.17, 15) is 4.79 Å². The van der Waals surface area contributed by atoms with Crippen molar-refractivity contribution in [1.82, 2.24) is 5.32 Å². The Morgan fingerprint density at radius 1 is 1.42 bits per heavy atom. The molecule has 104 valence electrons. The maximum Gasteiger partial charge on any atom is 0.220 e. The van der Waals surface area contributed by atoms with Crippen LogP contribution in [0.15, 0.2) is 24.3 Å². The van der Waals surface area contributed by atoms with Gasteiger partial charge in [0, 0.05) is 31.1 Å². The van der Waals surface area contributed by atoms with E-state index in [1.54, 1.807) is 0 Å². The average Bonchev–Trinajstić information content (AvgIpc) is 2.82. The summed E-state index contributed by atoms with van der Waals surface area (Å²) in [4.78, 5) is 11.8. The molecule has 0 aliphatic carbocycles. The Hall–Kier alpha value is -1.59. The van der Waals surface area contributed by atoms with Crippen LogP contribution < -0.4 is 10.6 Å². The topological polar surface area (TPSA) is 70.6 Å². The summed E-state index contributed by atoms with van der Waals surface area (Å²) in [5, 5.41) is 14.7. The Morgan fingerprint density at radius 3 is 3.11 bits per heavy atom. The molecule has 0 aromatic heterocycles. The third-order valence-corrected chi connectivity index (χ3v) is 3.18. The van der Waals surface area contributed by atoms with Crippen molar-refractivity contribution in [1.29, 1.82) is 0 Å². The summed E-state index contributed by atoms with van der Waals surface area (Å²) in [7, 11) is 0. The molecule has 1 aromatic rings. The number of fused-ring (bicyclic) bond motifs is 1. The summed E-state index contributed by atoms with van der Waals surface area (Å²) < 4.78 is 5.08. The van der Waals surface area contributed by atoms with Gasteiger partial charge in [-0.2, -0.15) is 0 Å². The minimum Gasteiger partial charge on any atom is -0.394 e. The van der Waals surface area contributed by atoms with Gasteiger partial charge in [-0.3, -0.25) is 4.79 Å². The molecule has 5 heteroatoms. The molecule has 0 radical (unpaired) electrons. The van der Waals surface area contributed by atoms with Crippen LogP contribution in [0.4, 0.5) is 5.69 Å². The number of hydrogen-bond donors (Lipinski definition) is 3. The quantitative estimate of drug-likeness (QED) is 0.634. The van der Waals surface area contributed by atoms with Crippen molar-refractivity contribution in [3.63, 3.8) is 0 Å². The average molecular weight is 264 g/mol. The molecule has 0 bridgehead atoms. The molecule has 1 atom stereocenters. The highest BCUT2D eigenvalue weighted by Gasteiger charge is 2.23. The fourth-order valence-electron chi connectivity index (χ4n) is 2.26. The zero-order chi connectivity index (χ0) is 13.5. The largest absolute Gasteiger partial charge is 0.394 e. The first kappa shape index (κ1) is 13.8. The van der Waals surface area contributed by atoms with Gasteiger partial charge in [0.25, 0.3) is 0 Å². The van der Waals surface area contributed by atoms with E-state index in [2.05, 4.69) is 16.7 Å². The smallest absolute Gasteiger partial charge is 0.220 e. The third-order valence-electron chi connectivity index (χ3n) is 3.18. The Labute approximate surface area is 113 Å². The Bertz CT molecular complexity index is 423. The predicted octanol–water partition coefficient (Wildman–Crippen LogP) is 0.711. The number of carbonyl (C=O) groups is 1. The molecule has 0 fully saturated rings. The van der Waals surface area contributed by atoms with Gasteiger partial charge in [0.15, 0.2) is 0 Å². The van der Waals surface area contributed by atoms with Crippen LogP contribution in [0.3, 0.4) is 0 Å². The molecule has 1 aromatic carbocycles. The molecule has 0 saturated heterocycles. The van der Waals surface area contributed by atoms with Gasteiger partial charge in [0.2, 0.25) is 5.91 Å². The van der Waals surface area contributed by atoms with Gasteiger partial charge in [0.05, 0.1) is 19.8 Å². The molecule has 1 heterocycles. The number of benzene rings is 1. The molecular formula is C14H20N2O3. The number of aliphatic hydroxyl groups excluding tert-OH is 1. The van der Waals surface area contributed by atoms with E-state index in [1.165, 1.54) is 5.56 Å². The summed E-state index contributed by atoms with van der Waals surface area (Å²) >= 11 is 0. The maximum absolute atomic E-state index is 11.8. The second-order valence-corrected chi connectivity index (χ2v) is 4.56. The number of para-hydroxylation sites is 1. The monoisotopic (exact) mass is 264 g/mol. The van der Waals surface area contributed by atoms with Crippen LogP contribution in [0.1, 0.15) is 17.9 Å². The highest BCUT2D eigenvalue weighted by molar-refractivity contribution is 5.78. The van der Waals surface area contributed by atoms with Gasteiger partial charge < -0.3 is 20.5 Å². The number of anilines is 1. The SMILES string of the molecule is O=C(CC1CNc2ccccc21)NCCOCCO. The van der Waals surface area contributed by atoms with Gasteiger partial charge in [0.1, 0.15) is 0 Å². The summed E-state index contributed by atoms with van der Waals surface area (Å²) in [6, 6.07) is 8.10. The number of rotatable bonds is 7. The van der Waals surface area contributed by atoms with Crippen molar-refractivity contribution in [3.05, 3.63) is 29.8 Å². The first-order valence-corrected chi connectivity index (χ1v) is 6.59. The van der Waals surface area contributed by atoms with Crippen LogP contribution >= 0.6 is 0 Å². The standard InChI is InChI=1S/C14H20N2O3/c17-6-8-19-7-5-15-14(18)9-11-10-16-13-4-2-1-3-12(11)13/h1-4,11,16-17H,5-10H2,(H,15,18). The Morgan fingerprint density at radius 2 is 2.26 bits per heavy atom. The fourth-order valence-corrected chi connectivity index (χ4v) is 2.26. The minimum atomic E-state index is 0.0124. The van der Waals surface area contributed by atoms with Crippen molar-refractivity contribution in [2.45, 2.75) is 12.3 Å². The van der Waals surface area contributed by atoms with Gasteiger partial charge in [-0.15, -0.1) is 0 Å². The van der Waals surface area contributed by atoms with E-state index in [1.807, 2.05) is 18.2 Å². The Balaban J connectivity index is 1.72. The van der Waals surface area contributed by atoms with Gasteiger partial charge in [-0.05, 0) is 11.6 Å². The van der Waals surface area contributed by atoms with E-state index < -0.39 is 0 Å². The molecule has 5 nitrogen and oxygen atoms in total. The molecule has 1 aliphatic heterocycles. The highest BCUT2D eigenvalue weighted by Crippen LogP contribution is 2.32. The van der Waals surface area contributed by atoms with Crippen molar-refractivity contribution in [3.8, 4) is 0 Å². The molecule has 1 unspecified atom stereocenters. The molecule has 19 heavy (non-hydrogen) atoms. The van der Waals surface area contributed by atoms with E-state index in [-0.39, 0.29) is 18.4 Å². The predicted molar refractivity (Wildman–Crippen MR) is 73.2 cm³/mol. The van der Waals surface area contributed by atoms with E-state index >= 15 is 0 Å². The van der Waals surface area contributed by atoms with Gasteiger partial charge in [-0.25, -0.2) is 0 Å². The van der Waals surface area contributed by atoms with E-state index in [4.69, 9.17) is 9.84 Å². The van der Waals surface area contributed by atoms with E-state index in [0.717, 1.165) is 12.2 Å². The second kappa shape index (κ2) is 7.11. The summed E-state index contributed by atoms with van der Waals surface area (Å²) in [6.45, 7) is 2.06. The third kappa shape index (κ3) is 3.94. The van der Waals surface area contributed by atoms with Gasteiger partial charge >= 0.3 is 0 Å². The Kier molecular flexibility index (Phi) is 5.18. The summed E-state index contributed by atoms with van der Waals surface area (Å²) in [5.74, 6) is 0.283.